The number of nitrogens with zero attached hydrogens (tertiary/aromatic N) is 3. The maximum absolute atomic E-state index is 12.7. The van der Waals surface area contributed by atoms with Gasteiger partial charge in [-0.2, -0.15) is 0 Å². The van der Waals surface area contributed by atoms with Gasteiger partial charge >= 0.3 is 0 Å². The molecule has 5 nitrogen and oxygen atoms in total. The van der Waals surface area contributed by atoms with Gasteiger partial charge in [-0.3, -0.25) is 9.89 Å². The molecule has 1 N–H and O–H groups in total. The van der Waals surface area contributed by atoms with E-state index in [-0.39, 0.29) is 11.9 Å². The van der Waals surface area contributed by atoms with E-state index in [0.717, 1.165) is 23.5 Å². The molecule has 1 aromatic heterocycles. The number of aromatic nitrogens is 3. The molecule has 0 aliphatic rings. The number of hydrogen-bond acceptors (Lipinski definition) is 4. The van der Waals surface area contributed by atoms with E-state index in [4.69, 9.17) is 0 Å². The predicted molar refractivity (Wildman–Crippen MR) is 111 cm³/mol. The van der Waals surface area contributed by atoms with Crippen molar-refractivity contribution in [2.45, 2.75) is 38.4 Å². The third kappa shape index (κ3) is 4.77. The molecule has 3 rings (SSSR count). The maximum Gasteiger partial charge on any atom is 0.237 e. The molecule has 0 radical (unpaired) electrons. The summed E-state index contributed by atoms with van der Waals surface area (Å²) in [5.74, 6) is 1.05. The zero-order chi connectivity index (χ0) is 19.2. The van der Waals surface area contributed by atoms with Gasteiger partial charge < -0.3 is 4.90 Å². The summed E-state index contributed by atoms with van der Waals surface area (Å²) in [5.41, 5.74) is 3.18. The number of amides is 1. The summed E-state index contributed by atoms with van der Waals surface area (Å²) in [4.78, 5) is 19.1. The maximum atomic E-state index is 12.7. The lowest BCUT2D eigenvalue weighted by molar-refractivity contribution is -0.116. The molecule has 0 spiro atoms. The van der Waals surface area contributed by atoms with Gasteiger partial charge in [0.15, 0.2) is 5.82 Å². The van der Waals surface area contributed by atoms with Gasteiger partial charge in [0, 0.05) is 17.3 Å². The summed E-state index contributed by atoms with van der Waals surface area (Å²) in [6.07, 6.45) is 1.01. The minimum atomic E-state index is 0.0415. The Bertz CT molecular complexity index is 875. The molecule has 0 saturated carbocycles. The summed E-state index contributed by atoms with van der Waals surface area (Å²) in [7, 11) is 0. The first-order valence-corrected chi connectivity index (χ1v) is 10.1. The van der Waals surface area contributed by atoms with Gasteiger partial charge in [-0.05, 0) is 38.0 Å². The van der Waals surface area contributed by atoms with E-state index < -0.39 is 0 Å². The van der Waals surface area contributed by atoms with E-state index in [1.54, 1.807) is 0 Å². The topological polar surface area (TPSA) is 61.9 Å². The summed E-state index contributed by atoms with van der Waals surface area (Å²) >= 11 is 1.35. The van der Waals surface area contributed by atoms with E-state index in [2.05, 4.69) is 34.2 Å². The van der Waals surface area contributed by atoms with Gasteiger partial charge in [0.2, 0.25) is 11.1 Å². The Labute approximate surface area is 164 Å². The lowest BCUT2D eigenvalue weighted by atomic mass is 10.1. The van der Waals surface area contributed by atoms with Gasteiger partial charge in [0.25, 0.3) is 0 Å². The summed E-state index contributed by atoms with van der Waals surface area (Å²) in [5, 5.41) is 7.78. The second kappa shape index (κ2) is 8.86. The van der Waals surface area contributed by atoms with Crippen molar-refractivity contribution in [3.8, 4) is 11.4 Å². The van der Waals surface area contributed by atoms with Crippen LogP contribution in [0.1, 0.15) is 26.3 Å². The van der Waals surface area contributed by atoms with Crippen LogP contribution >= 0.6 is 11.8 Å². The van der Waals surface area contributed by atoms with Crippen molar-refractivity contribution in [3.05, 3.63) is 60.2 Å². The zero-order valence-electron chi connectivity index (χ0n) is 15.8. The van der Waals surface area contributed by atoms with Crippen molar-refractivity contribution < 1.29 is 4.79 Å². The molecule has 6 heteroatoms. The number of hydrogen-bond donors (Lipinski definition) is 1. The molecule has 0 aliphatic heterocycles. The fourth-order valence-electron chi connectivity index (χ4n) is 2.85. The third-order valence-electron chi connectivity index (χ3n) is 4.24. The highest BCUT2D eigenvalue weighted by Gasteiger charge is 2.19. The molecule has 0 unspecified atom stereocenters. The highest BCUT2D eigenvalue weighted by atomic mass is 32.2. The number of thioether (sulfide) groups is 1. The highest BCUT2D eigenvalue weighted by molar-refractivity contribution is 7.99. The van der Waals surface area contributed by atoms with Gasteiger partial charge in [0.05, 0.1) is 5.75 Å². The molecule has 1 amide bonds. The molecule has 27 heavy (non-hydrogen) atoms. The van der Waals surface area contributed by atoms with E-state index >= 15 is 0 Å². The molecule has 140 valence electrons. The number of para-hydroxylation sites is 1. The van der Waals surface area contributed by atoms with Crippen LogP contribution in [0.5, 0.6) is 0 Å². The molecule has 3 aromatic rings. The molecule has 1 heterocycles. The quantitative estimate of drug-likeness (QED) is 0.610. The Morgan fingerprint density at radius 2 is 1.81 bits per heavy atom. The van der Waals surface area contributed by atoms with Crippen LogP contribution in [0.2, 0.25) is 0 Å². The average molecular weight is 381 g/mol. The van der Waals surface area contributed by atoms with Crippen LogP contribution in [0, 0.1) is 0 Å². The van der Waals surface area contributed by atoms with Gasteiger partial charge in [0.1, 0.15) is 0 Å². The number of carbonyl (C=O) groups excluding carboxylic acids is 1. The second-order valence-electron chi connectivity index (χ2n) is 6.50. The Hall–Kier alpha value is -2.60. The first-order chi connectivity index (χ1) is 13.1. The Balaban J connectivity index is 1.65. The number of anilines is 1. The van der Waals surface area contributed by atoms with Gasteiger partial charge in [-0.1, -0.05) is 61.2 Å². The Kier molecular flexibility index (Phi) is 6.29. The lowest BCUT2D eigenvalue weighted by Crippen LogP contribution is -2.38. The fourth-order valence-corrected chi connectivity index (χ4v) is 3.51. The SMILES string of the molecule is CCc1ccc(-c2nc(SCC(=O)N(c3ccccc3)C(C)C)n[nH]2)cc1. The van der Waals surface area contributed by atoms with Crippen LogP contribution in [-0.2, 0) is 11.2 Å². The van der Waals surface area contributed by atoms with Crippen molar-refractivity contribution in [1.29, 1.82) is 0 Å². The predicted octanol–water partition coefficient (Wildman–Crippen LogP) is 4.57. The zero-order valence-corrected chi connectivity index (χ0v) is 16.7. The van der Waals surface area contributed by atoms with E-state index in [1.165, 1.54) is 17.3 Å². The third-order valence-corrected chi connectivity index (χ3v) is 5.08. The minimum absolute atomic E-state index is 0.0415. The molecule has 0 fully saturated rings. The first kappa shape index (κ1) is 19.2. The molecule has 2 aromatic carbocycles. The number of nitrogens with one attached hydrogen (secondary N) is 1. The van der Waals surface area contributed by atoms with Crippen molar-refractivity contribution in [2.75, 3.05) is 10.7 Å². The molecular weight excluding hydrogens is 356 g/mol. The van der Waals surface area contributed by atoms with E-state index in [0.29, 0.717) is 10.9 Å². The van der Waals surface area contributed by atoms with E-state index in [1.807, 2.05) is 61.2 Å². The van der Waals surface area contributed by atoms with Gasteiger partial charge in [-0.25, -0.2) is 4.98 Å². The van der Waals surface area contributed by atoms with Crippen LogP contribution in [0.15, 0.2) is 59.8 Å². The van der Waals surface area contributed by atoms with Crippen molar-refractivity contribution >= 4 is 23.4 Å². The number of benzene rings is 2. The summed E-state index contributed by atoms with van der Waals surface area (Å²) in [6.45, 7) is 6.16. The average Bonchev–Trinajstić information content (AvgIpc) is 3.16. The van der Waals surface area contributed by atoms with Crippen molar-refractivity contribution in [3.63, 3.8) is 0 Å². The number of aryl methyl sites for hydroxylation is 1. The van der Waals surface area contributed by atoms with E-state index in [9.17, 15) is 4.79 Å². The van der Waals surface area contributed by atoms with Crippen LogP contribution in [0.3, 0.4) is 0 Å². The number of aromatic amines is 1. The van der Waals surface area contributed by atoms with Crippen LogP contribution in [0.4, 0.5) is 5.69 Å². The van der Waals surface area contributed by atoms with Gasteiger partial charge in [-0.15, -0.1) is 5.10 Å². The van der Waals surface area contributed by atoms with Crippen molar-refractivity contribution in [2.24, 2.45) is 0 Å². The Morgan fingerprint density at radius 1 is 1.11 bits per heavy atom. The summed E-state index contributed by atoms with van der Waals surface area (Å²) < 4.78 is 0. The normalized spacial score (nSPS) is 11.0. The number of carbonyl (C=O) groups is 1. The number of H-pyrrole nitrogens is 1. The monoisotopic (exact) mass is 380 g/mol. The first-order valence-electron chi connectivity index (χ1n) is 9.10. The standard InChI is InChI=1S/C21H24N4OS/c1-4-16-10-12-17(13-11-16)20-22-21(24-23-20)27-14-19(26)25(15(2)3)18-8-6-5-7-9-18/h5-13,15H,4,14H2,1-3H3,(H,22,23,24). The molecule has 0 saturated heterocycles. The van der Waals surface area contributed by atoms with Crippen molar-refractivity contribution in [1.82, 2.24) is 15.2 Å². The minimum Gasteiger partial charge on any atom is -0.309 e. The molecule has 0 bridgehead atoms. The second-order valence-corrected chi connectivity index (χ2v) is 7.44. The molecule has 0 atom stereocenters. The Morgan fingerprint density at radius 3 is 2.44 bits per heavy atom. The fraction of sp³-hybridized carbons (Fsp3) is 0.286. The van der Waals surface area contributed by atoms with Crippen LogP contribution in [-0.4, -0.2) is 32.9 Å². The largest absolute Gasteiger partial charge is 0.309 e. The molecule has 0 aliphatic carbocycles. The summed E-state index contributed by atoms with van der Waals surface area (Å²) in [6, 6.07) is 18.1. The smallest absolute Gasteiger partial charge is 0.237 e. The van der Waals surface area contributed by atoms with Crippen LogP contribution in [0.25, 0.3) is 11.4 Å². The highest BCUT2D eigenvalue weighted by Crippen LogP contribution is 2.22. The van der Waals surface area contributed by atoms with Crippen LogP contribution < -0.4 is 4.90 Å². The lowest BCUT2D eigenvalue weighted by Gasteiger charge is -2.26. The number of rotatable bonds is 7. The molecular formula is C21H24N4OS.